The van der Waals surface area contributed by atoms with Crippen LogP contribution in [0.25, 0.3) is 0 Å². The molecule has 1 aliphatic carbocycles. The Morgan fingerprint density at radius 3 is 2.78 bits per heavy atom. The van der Waals surface area contributed by atoms with Gasteiger partial charge in [-0.1, -0.05) is 35.6 Å². The summed E-state index contributed by atoms with van der Waals surface area (Å²) in [5, 5.41) is 3.92. The second kappa shape index (κ2) is 4.32. The van der Waals surface area contributed by atoms with E-state index in [1.54, 1.807) is 6.20 Å². The minimum atomic E-state index is 0.533. The van der Waals surface area contributed by atoms with Gasteiger partial charge in [0.1, 0.15) is 5.76 Å². The van der Waals surface area contributed by atoms with Crippen molar-refractivity contribution < 1.29 is 4.52 Å². The van der Waals surface area contributed by atoms with Gasteiger partial charge in [0.25, 0.3) is 0 Å². The van der Waals surface area contributed by atoms with Crippen LogP contribution in [0.5, 0.6) is 0 Å². The molecular weight excluding hydrogens is 242 g/mol. The van der Waals surface area contributed by atoms with E-state index in [0.29, 0.717) is 5.92 Å². The summed E-state index contributed by atoms with van der Waals surface area (Å²) in [6, 6.07) is 6.24. The monoisotopic (exact) mass is 257 g/mol. The maximum absolute atomic E-state index is 5.62. The van der Waals surface area contributed by atoms with Crippen LogP contribution in [-0.4, -0.2) is 10.0 Å². The van der Waals surface area contributed by atoms with Crippen molar-refractivity contribution in [2.24, 2.45) is 0 Å². The average molecular weight is 257 g/mol. The lowest BCUT2D eigenvalue weighted by Gasteiger charge is -2.09. The summed E-state index contributed by atoms with van der Waals surface area (Å²) >= 11 is 5.62. The van der Waals surface area contributed by atoms with Crippen LogP contribution in [0.3, 0.4) is 0 Å². The van der Waals surface area contributed by atoms with Gasteiger partial charge in [0.15, 0.2) is 0 Å². The van der Waals surface area contributed by atoms with Crippen LogP contribution in [0.4, 0.5) is 0 Å². The molecule has 0 aliphatic heterocycles. The molecule has 0 N–H and O–H groups in total. The maximum Gasteiger partial charge on any atom is 0.148 e. The van der Waals surface area contributed by atoms with Gasteiger partial charge in [0, 0.05) is 5.92 Å². The minimum Gasteiger partial charge on any atom is -0.360 e. The highest BCUT2D eigenvalue weighted by Gasteiger charge is 2.31. The SMILES string of the molecule is Cc1cccc(C(=S)c2cnoc2C2CC2)c1C. The van der Waals surface area contributed by atoms with Crippen molar-refractivity contribution in [1.82, 2.24) is 5.16 Å². The third-order valence-electron chi connectivity index (χ3n) is 3.64. The molecule has 0 amide bonds. The zero-order valence-corrected chi connectivity index (χ0v) is 11.4. The Kier molecular flexibility index (Phi) is 2.78. The molecule has 2 nitrogen and oxygen atoms in total. The van der Waals surface area contributed by atoms with Gasteiger partial charge in [-0.2, -0.15) is 0 Å². The number of hydrogen-bond donors (Lipinski definition) is 0. The molecule has 92 valence electrons. The first-order valence-electron chi connectivity index (χ1n) is 6.24. The van der Waals surface area contributed by atoms with Crippen LogP contribution in [0, 0.1) is 13.8 Å². The van der Waals surface area contributed by atoms with Crippen LogP contribution in [0.2, 0.25) is 0 Å². The summed E-state index contributed by atoms with van der Waals surface area (Å²) < 4.78 is 5.36. The highest BCUT2D eigenvalue weighted by molar-refractivity contribution is 7.81. The van der Waals surface area contributed by atoms with Gasteiger partial charge >= 0.3 is 0 Å². The zero-order valence-electron chi connectivity index (χ0n) is 10.6. The zero-order chi connectivity index (χ0) is 12.7. The Hall–Kier alpha value is -1.48. The molecule has 2 aromatic rings. The quantitative estimate of drug-likeness (QED) is 0.615. The van der Waals surface area contributed by atoms with E-state index < -0.39 is 0 Å². The Balaban J connectivity index is 2.03. The molecule has 0 radical (unpaired) electrons. The molecular formula is C15H15NOS. The molecule has 1 fully saturated rings. The van der Waals surface area contributed by atoms with Crippen molar-refractivity contribution in [3.8, 4) is 0 Å². The second-order valence-electron chi connectivity index (χ2n) is 4.95. The van der Waals surface area contributed by atoms with Crippen LogP contribution in [0.1, 0.15) is 46.8 Å². The van der Waals surface area contributed by atoms with Crippen molar-refractivity contribution in [1.29, 1.82) is 0 Å². The molecule has 0 atom stereocenters. The van der Waals surface area contributed by atoms with Crippen molar-refractivity contribution in [3.63, 3.8) is 0 Å². The summed E-state index contributed by atoms with van der Waals surface area (Å²) in [7, 11) is 0. The Morgan fingerprint density at radius 2 is 2.06 bits per heavy atom. The van der Waals surface area contributed by atoms with E-state index in [2.05, 4.69) is 31.1 Å². The standard InChI is InChI=1S/C15H15NOS/c1-9-4-3-5-12(10(9)2)15(18)13-8-16-17-14(13)11-6-7-11/h3-5,8,11H,6-7H2,1-2H3. The molecule has 0 spiro atoms. The smallest absolute Gasteiger partial charge is 0.148 e. The third-order valence-corrected chi connectivity index (χ3v) is 4.08. The predicted molar refractivity (Wildman–Crippen MR) is 75.2 cm³/mol. The number of nitrogens with zero attached hydrogens (tertiary/aromatic N) is 1. The number of aromatic nitrogens is 1. The Bertz CT molecular complexity index is 611. The molecule has 1 aliphatic rings. The lowest BCUT2D eigenvalue weighted by Crippen LogP contribution is -2.04. The van der Waals surface area contributed by atoms with Crippen molar-refractivity contribution in [2.45, 2.75) is 32.6 Å². The molecule has 18 heavy (non-hydrogen) atoms. The molecule has 0 bridgehead atoms. The van der Waals surface area contributed by atoms with Crippen LogP contribution < -0.4 is 0 Å². The number of thiocarbonyl (C=S) groups is 1. The van der Waals surface area contributed by atoms with E-state index in [0.717, 1.165) is 21.8 Å². The third kappa shape index (κ3) is 1.89. The van der Waals surface area contributed by atoms with E-state index in [9.17, 15) is 0 Å². The fraction of sp³-hybridized carbons (Fsp3) is 0.333. The van der Waals surface area contributed by atoms with Gasteiger partial charge in [-0.3, -0.25) is 0 Å². The average Bonchev–Trinajstić information content (AvgIpc) is 3.09. The highest BCUT2D eigenvalue weighted by atomic mass is 32.1. The molecule has 1 saturated carbocycles. The predicted octanol–water partition coefficient (Wildman–Crippen LogP) is 3.94. The highest BCUT2D eigenvalue weighted by Crippen LogP contribution is 2.42. The molecule has 1 aromatic heterocycles. The molecule has 3 heteroatoms. The van der Waals surface area contributed by atoms with Crippen LogP contribution >= 0.6 is 12.2 Å². The second-order valence-corrected chi connectivity index (χ2v) is 5.36. The molecule has 0 saturated heterocycles. The van der Waals surface area contributed by atoms with Gasteiger partial charge in [0.05, 0.1) is 16.6 Å². The minimum absolute atomic E-state index is 0.533. The number of aryl methyl sites for hydroxylation is 1. The van der Waals surface area contributed by atoms with Gasteiger partial charge in [-0.15, -0.1) is 0 Å². The molecule has 1 aromatic carbocycles. The largest absolute Gasteiger partial charge is 0.360 e. The molecule has 1 heterocycles. The van der Waals surface area contributed by atoms with E-state index in [1.807, 2.05) is 6.07 Å². The number of benzene rings is 1. The topological polar surface area (TPSA) is 26.0 Å². The van der Waals surface area contributed by atoms with E-state index in [4.69, 9.17) is 16.7 Å². The molecule has 0 unspecified atom stereocenters. The molecule has 3 rings (SSSR count). The van der Waals surface area contributed by atoms with Crippen LogP contribution in [-0.2, 0) is 0 Å². The van der Waals surface area contributed by atoms with Gasteiger partial charge in [-0.05, 0) is 43.4 Å². The number of hydrogen-bond acceptors (Lipinski definition) is 3. The summed E-state index contributed by atoms with van der Waals surface area (Å²) in [6.07, 6.45) is 4.15. The Morgan fingerprint density at radius 1 is 1.28 bits per heavy atom. The first kappa shape index (κ1) is 11.6. The Labute approximate surface area is 112 Å². The van der Waals surface area contributed by atoms with E-state index in [1.165, 1.54) is 24.0 Å². The van der Waals surface area contributed by atoms with Gasteiger partial charge in [-0.25, -0.2) is 0 Å². The summed E-state index contributed by atoms with van der Waals surface area (Å²) in [5.74, 6) is 1.51. The normalized spacial score (nSPS) is 14.8. The summed E-state index contributed by atoms with van der Waals surface area (Å²) in [5.41, 5.74) is 4.63. The fourth-order valence-electron chi connectivity index (χ4n) is 2.20. The number of rotatable bonds is 3. The lowest BCUT2D eigenvalue weighted by atomic mass is 9.97. The lowest BCUT2D eigenvalue weighted by molar-refractivity contribution is 0.384. The van der Waals surface area contributed by atoms with Gasteiger partial charge in [0.2, 0.25) is 0 Å². The van der Waals surface area contributed by atoms with Crippen molar-refractivity contribution >= 4 is 17.1 Å². The fourth-order valence-corrected chi connectivity index (χ4v) is 2.58. The van der Waals surface area contributed by atoms with E-state index >= 15 is 0 Å². The maximum atomic E-state index is 5.62. The first-order valence-corrected chi connectivity index (χ1v) is 6.65. The van der Waals surface area contributed by atoms with E-state index in [-0.39, 0.29) is 0 Å². The van der Waals surface area contributed by atoms with Crippen molar-refractivity contribution in [2.75, 3.05) is 0 Å². The first-order chi connectivity index (χ1) is 8.68. The summed E-state index contributed by atoms with van der Waals surface area (Å²) in [4.78, 5) is 0.861. The van der Waals surface area contributed by atoms with Crippen LogP contribution in [0.15, 0.2) is 28.9 Å². The van der Waals surface area contributed by atoms with Gasteiger partial charge < -0.3 is 4.52 Å². The summed E-state index contributed by atoms with van der Waals surface area (Å²) in [6.45, 7) is 4.22. The van der Waals surface area contributed by atoms with Crippen molar-refractivity contribution in [3.05, 3.63) is 52.4 Å².